The lowest BCUT2D eigenvalue weighted by Gasteiger charge is -2.08. The lowest BCUT2D eigenvalue weighted by molar-refractivity contribution is -0.131. The molecule has 1 aliphatic heterocycles. The minimum atomic E-state index is -0.592. The summed E-state index contributed by atoms with van der Waals surface area (Å²) in [7, 11) is 0. The maximum absolute atomic E-state index is 11.7. The van der Waals surface area contributed by atoms with E-state index in [1.54, 1.807) is 18.2 Å². The summed E-state index contributed by atoms with van der Waals surface area (Å²) in [5.41, 5.74) is 1.22. The molecular formula is C13H16N2O3. The number of nitrogens with one attached hydrogen (secondary N) is 1. The minimum Gasteiger partial charge on any atom is -0.507 e. The number of rotatable bonds is 4. The molecule has 1 amide bonds. The molecule has 5 nitrogen and oxygen atoms in total. The summed E-state index contributed by atoms with van der Waals surface area (Å²) >= 11 is 0. The quantitative estimate of drug-likeness (QED) is 0.846. The van der Waals surface area contributed by atoms with Crippen molar-refractivity contribution in [2.45, 2.75) is 25.9 Å². The monoisotopic (exact) mass is 248 g/mol. The van der Waals surface area contributed by atoms with Gasteiger partial charge in [0, 0.05) is 18.5 Å². The Morgan fingerprint density at radius 2 is 2.33 bits per heavy atom. The summed E-state index contributed by atoms with van der Waals surface area (Å²) in [6, 6.07) is 6.88. The van der Waals surface area contributed by atoms with Crippen LogP contribution in [-0.4, -0.2) is 29.4 Å². The van der Waals surface area contributed by atoms with E-state index in [0.717, 1.165) is 6.42 Å². The fourth-order valence-corrected chi connectivity index (χ4v) is 1.76. The van der Waals surface area contributed by atoms with E-state index in [-0.39, 0.29) is 11.7 Å². The number of phenolic OH excluding ortho intramolecular Hbond substituents is 1. The Labute approximate surface area is 105 Å². The molecule has 0 saturated carbocycles. The summed E-state index contributed by atoms with van der Waals surface area (Å²) < 4.78 is 0. The van der Waals surface area contributed by atoms with Gasteiger partial charge in [0.2, 0.25) is 6.10 Å². The molecule has 0 aromatic heterocycles. The molecule has 1 aromatic rings. The third kappa shape index (κ3) is 2.61. The second kappa shape index (κ2) is 5.53. The molecule has 1 aromatic carbocycles. The van der Waals surface area contributed by atoms with Crippen LogP contribution < -0.4 is 5.32 Å². The topological polar surface area (TPSA) is 70.9 Å². The first kappa shape index (κ1) is 12.4. The van der Waals surface area contributed by atoms with Gasteiger partial charge in [0.15, 0.2) is 0 Å². The minimum absolute atomic E-state index is 0.148. The molecule has 5 heteroatoms. The Bertz CT molecular complexity index is 471. The zero-order chi connectivity index (χ0) is 13.0. The SMILES string of the molecule is CCCNC(=O)C1CC(c2ccccc2O)=NO1. The first-order chi connectivity index (χ1) is 8.72. The van der Waals surface area contributed by atoms with Crippen LogP contribution in [0.5, 0.6) is 5.75 Å². The highest BCUT2D eigenvalue weighted by Crippen LogP contribution is 2.23. The second-order valence-electron chi connectivity index (χ2n) is 4.14. The van der Waals surface area contributed by atoms with Crippen molar-refractivity contribution >= 4 is 11.6 Å². The van der Waals surface area contributed by atoms with Crippen molar-refractivity contribution in [3.05, 3.63) is 29.8 Å². The Kier molecular flexibility index (Phi) is 3.82. The van der Waals surface area contributed by atoms with Crippen molar-refractivity contribution < 1.29 is 14.7 Å². The number of carbonyl (C=O) groups excluding carboxylic acids is 1. The molecule has 1 aliphatic rings. The van der Waals surface area contributed by atoms with E-state index in [1.165, 1.54) is 0 Å². The molecule has 0 spiro atoms. The van der Waals surface area contributed by atoms with Crippen LogP contribution in [0.2, 0.25) is 0 Å². The molecule has 96 valence electrons. The lowest BCUT2D eigenvalue weighted by Crippen LogP contribution is -2.35. The summed E-state index contributed by atoms with van der Waals surface area (Å²) in [4.78, 5) is 16.8. The van der Waals surface area contributed by atoms with E-state index in [9.17, 15) is 9.90 Å². The van der Waals surface area contributed by atoms with Crippen molar-refractivity contribution in [2.75, 3.05) is 6.54 Å². The summed E-state index contributed by atoms with van der Waals surface area (Å²) in [5.74, 6) is -0.0134. The Morgan fingerprint density at radius 3 is 3.06 bits per heavy atom. The summed E-state index contributed by atoms with van der Waals surface area (Å²) in [5, 5.41) is 16.3. The molecule has 18 heavy (non-hydrogen) atoms. The van der Waals surface area contributed by atoms with E-state index < -0.39 is 6.10 Å². The third-order valence-corrected chi connectivity index (χ3v) is 2.73. The van der Waals surface area contributed by atoms with Gasteiger partial charge in [0.25, 0.3) is 5.91 Å². The van der Waals surface area contributed by atoms with Crippen molar-refractivity contribution in [3.8, 4) is 5.75 Å². The van der Waals surface area contributed by atoms with Crippen LogP contribution in [0, 0.1) is 0 Å². The number of para-hydroxylation sites is 1. The zero-order valence-electron chi connectivity index (χ0n) is 10.2. The number of hydrogen-bond acceptors (Lipinski definition) is 4. The lowest BCUT2D eigenvalue weighted by atomic mass is 10.0. The fourth-order valence-electron chi connectivity index (χ4n) is 1.76. The van der Waals surface area contributed by atoms with Crippen molar-refractivity contribution in [2.24, 2.45) is 5.16 Å². The highest BCUT2D eigenvalue weighted by molar-refractivity contribution is 6.05. The number of phenols is 1. The molecule has 0 aliphatic carbocycles. The first-order valence-electron chi connectivity index (χ1n) is 6.01. The molecule has 2 N–H and O–H groups in total. The highest BCUT2D eigenvalue weighted by Gasteiger charge is 2.29. The molecule has 0 radical (unpaired) electrons. The second-order valence-corrected chi connectivity index (χ2v) is 4.14. The smallest absolute Gasteiger partial charge is 0.264 e. The molecular weight excluding hydrogens is 232 g/mol. The van der Waals surface area contributed by atoms with Crippen LogP contribution in [0.4, 0.5) is 0 Å². The van der Waals surface area contributed by atoms with Crippen molar-refractivity contribution in [1.29, 1.82) is 0 Å². The van der Waals surface area contributed by atoms with E-state index in [1.807, 2.05) is 13.0 Å². The zero-order valence-corrected chi connectivity index (χ0v) is 10.2. The van der Waals surface area contributed by atoms with Gasteiger partial charge in [-0.25, -0.2) is 0 Å². The van der Waals surface area contributed by atoms with Gasteiger partial charge in [-0.3, -0.25) is 4.79 Å². The number of nitrogens with zero attached hydrogens (tertiary/aromatic N) is 1. The largest absolute Gasteiger partial charge is 0.507 e. The number of aromatic hydroxyl groups is 1. The van der Waals surface area contributed by atoms with Gasteiger partial charge in [0.1, 0.15) is 5.75 Å². The third-order valence-electron chi connectivity index (χ3n) is 2.73. The standard InChI is InChI=1S/C13H16N2O3/c1-2-7-14-13(17)12-8-10(15-18-12)9-5-3-4-6-11(9)16/h3-6,12,16H,2,7-8H2,1H3,(H,14,17). The predicted octanol–water partition coefficient (Wildman–Crippen LogP) is 1.41. The van der Waals surface area contributed by atoms with Gasteiger partial charge in [-0.2, -0.15) is 0 Å². The maximum atomic E-state index is 11.7. The van der Waals surface area contributed by atoms with E-state index >= 15 is 0 Å². The van der Waals surface area contributed by atoms with Gasteiger partial charge in [-0.1, -0.05) is 24.2 Å². The van der Waals surface area contributed by atoms with E-state index in [4.69, 9.17) is 4.84 Å². The van der Waals surface area contributed by atoms with Gasteiger partial charge in [-0.15, -0.1) is 0 Å². The number of oxime groups is 1. The molecule has 0 fully saturated rings. The van der Waals surface area contributed by atoms with Crippen LogP contribution in [0.1, 0.15) is 25.3 Å². The van der Waals surface area contributed by atoms with Gasteiger partial charge >= 0.3 is 0 Å². The first-order valence-corrected chi connectivity index (χ1v) is 6.01. The molecule has 1 atom stereocenters. The number of benzene rings is 1. The predicted molar refractivity (Wildman–Crippen MR) is 67.4 cm³/mol. The fraction of sp³-hybridized carbons (Fsp3) is 0.385. The Hall–Kier alpha value is -2.04. The van der Waals surface area contributed by atoms with E-state index in [0.29, 0.717) is 24.2 Å². The van der Waals surface area contributed by atoms with E-state index in [2.05, 4.69) is 10.5 Å². The Balaban J connectivity index is 2.00. The normalized spacial score (nSPS) is 18.1. The summed E-state index contributed by atoms with van der Waals surface area (Å²) in [6.07, 6.45) is 0.671. The number of carbonyl (C=O) groups is 1. The van der Waals surface area contributed by atoms with Crippen molar-refractivity contribution in [3.63, 3.8) is 0 Å². The molecule has 2 rings (SSSR count). The van der Waals surface area contributed by atoms with Crippen LogP contribution in [0.15, 0.2) is 29.4 Å². The summed E-state index contributed by atoms with van der Waals surface area (Å²) in [6.45, 7) is 2.62. The molecule has 0 saturated heterocycles. The number of amides is 1. The average Bonchev–Trinajstić information content (AvgIpc) is 2.86. The van der Waals surface area contributed by atoms with Crippen LogP contribution in [-0.2, 0) is 9.63 Å². The van der Waals surface area contributed by atoms with Gasteiger partial charge in [-0.05, 0) is 18.6 Å². The van der Waals surface area contributed by atoms with Crippen LogP contribution >= 0.6 is 0 Å². The Morgan fingerprint density at radius 1 is 1.56 bits per heavy atom. The van der Waals surface area contributed by atoms with Crippen LogP contribution in [0.3, 0.4) is 0 Å². The van der Waals surface area contributed by atoms with Crippen molar-refractivity contribution in [1.82, 2.24) is 5.32 Å². The highest BCUT2D eigenvalue weighted by atomic mass is 16.6. The molecule has 0 bridgehead atoms. The molecule has 1 heterocycles. The maximum Gasteiger partial charge on any atom is 0.264 e. The van der Waals surface area contributed by atoms with Gasteiger partial charge < -0.3 is 15.3 Å². The van der Waals surface area contributed by atoms with Gasteiger partial charge in [0.05, 0.1) is 5.71 Å². The van der Waals surface area contributed by atoms with Crippen LogP contribution in [0.25, 0.3) is 0 Å². The number of hydrogen-bond donors (Lipinski definition) is 2. The molecule has 1 unspecified atom stereocenters. The average molecular weight is 248 g/mol.